The van der Waals surface area contributed by atoms with E-state index < -0.39 is 0 Å². The second-order valence-electron chi connectivity index (χ2n) is 5.14. The van der Waals surface area contributed by atoms with Crippen molar-refractivity contribution in [2.75, 3.05) is 11.9 Å². The molecule has 0 aliphatic heterocycles. The highest BCUT2D eigenvalue weighted by Gasteiger charge is 2.11. The molecule has 0 aromatic heterocycles. The molecule has 1 amide bonds. The Morgan fingerprint density at radius 1 is 1.13 bits per heavy atom. The van der Waals surface area contributed by atoms with Crippen molar-refractivity contribution >= 4 is 24.0 Å². The summed E-state index contributed by atoms with van der Waals surface area (Å²) in [6.45, 7) is 2.75. The van der Waals surface area contributed by atoms with E-state index in [-0.39, 0.29) is 30.8 Å². The fourth-order valence-electron chi connectivity index (χ4n) is 2.08. The first kappa shape index (κ1) is 19.0. The summed E-state index contributed by atoms with van der Waals surface area (Å²) >= 11 is 0. The van der Waals surface area contributed by atoms with Crippen LogP contribution in [0.3, 0.4) is 0 Å². The molecule has 1 unspecified atom stereocenters. The summed E-state index contributed by atoms with van der Waals surface area (Å²) in [5, 5.41) is 2.85. The van der Waals surface area contributed by atoms with E-state index in [0.29, 0.717) is 6.61 Å². The molecule has 2 aromatic carbocycles. The van der Waals surface area contributed by atoms with Crippen LogP contribution in [-0.4, -0.2) is 12.5 Å². The van der Waals surface area contributed by atoms with Gasteiger partial charge in [0, 0.05) is 18.2 Å². The van der Waals surface area contributed by atoms with Crippen LogP contribution < -0.4 is 15.8 Å². The maximum atomic E-state index is 12.0. The van der Waals surface area contributed by atoms with Crippen molar-refractivity contribution in [1.82, 2.24) is 0 Å². The van der Waals surface area contributed by atoms with E-state index in [0.717, 1.165) is 23.4 Å². The van der Waals surface area contributed by atoms with Gasteiger partial charge in [0.1, 0.15) is 5.75 Å². The molecule has 1 atom stereocenters. The Labute approximate surface area is 143 Å². The minimum atomic E-state index is -0.298. The summed E-state index contributed by atoms with van der Waals surface area (Å²) in [4.78, 5) is 12.0. The summed E-state index contributed by atoms with van der Waals surface area (Å²) in [6, 6.07) is 16.7. The molecular formula is C18H23ClN2O2. The second kappa shape index (κ2) is 9.87. The van der Waals surface area contributed by atoms with Crippen molar-refractivity contribution in [3.63, 3.8) is 0 Å². The predicted octanol–water partition coefficient (Wildman–Crippen LogP) is 3.93. The molecule has 3 N–H and O–H groups in total. The maximum absolute atomic E-state index is 12.0. The minimum absolute atomic E-state index is 0. The van der Waals surface area contributed by atoms with Gasteiger partial charge in [-0.1, -0.05) is 37.3 Å². The third-order valence-electron chi connectivity index (χ3n) is 3.24. The second-order valence-corrected chi connectivity index (χ2v) is 5.14. The van der Waals surface area contributed by atoms with Gasteiger partial charge < -0.3 is 15.8 Å². The summed E-state index contributed by atoms with van der Waals surface area (Å²) in [7, 11) is 0. The van der Waals surface area contributed by atoms with E-state index in [1.165, 1.54) is 0 Å². The van der Waals surface area contributed by atoms with Crippen LogP contribution >= 0.6 is 12.4 Å². The average molecular weight is 335 g/mol. The van der Waals surface area contributed by atoms with Crippen LogP contribution in [0.1, 0.15) is 31.4 Å². The van der Waals surface area contributed by atoms with Crippen molar-refractivity contribution in [2.24, 2.45) is 5.73 Å². The van der Waals surface area contributed by atoms with Crippen LogP contribution in [0.25, 0.3) is 0 Å². The first-order valence-corrected chi connectivity index (χ1v) is 7.52. The molecule has 0 saturated carbocycles. The molecule has 0 saturated heterocycles. The largest absolute Gasteiger partial charge is 0.494 e. The number of nitrogens with one attached hydrogen (secondary N) is 1. The van der Waals surface area contributed by atoms with Crippen LogP contribution in [0.15, 0.2) is 54.6 Å². The monoisotopic (exact) mass is 334 g/mol. The van der Waals surface area contributed by atoms with Crippen LogP contribution in [0.4, 0.5) is 5.69 Å². The smallest absolute Gasteiger partial charge is 0.226 e. The molecule has 4 nitrogen and oxygen atoms in total. The molecule has 0 radical (unpaired) electrons. The number of benzene rings is 2. The predicted molar refractivity (Wildman–Crippen MR) is 96.1 cm³/mol. The molecular weight excluding hydrogens is 312 g/mol. The molecule has 5 heteroatoms. The Bertz CT molecular complexity index is 588. The van der Waals surface area contributed by atoms with Gasteiger partial charge in [0.15, 0.2) is 0 Å². The van der Waals surface area contributed by atoms with Gasteiger partial charge in [-0.3, -0.25) is 4.79 Å². The van der Waals surface area contributed by atoms with E-state index in [9.17, 15) is 4.79 Å². The fraction of sp³-hybridized carbons (Fsp3) is 0.278. The van der Waals surface area contributed by atoms with Crippen molar-refractivity contribution in [3.8, 4) is 5.75 Å². The molecule has 0 bridgehead atoms. The topological polar surface area (TPSA) is 64.3 Å². The van der Waals surface area contributed by atoms with E-state index in [4.69, 9.17) is 10.5 Å². The first-order valence-electron chi connectivity index (χ1n) is 7.52. The van der Waals surface area contributed by atoms with Gasteiger partial charge in [0.05, 0.1) is 6.61 Å². The Hall–Kier alpha value is -2.04. The third-order valence-corrected chi connectivity index (χ3v) is 3.24. The standard InChI is InChI=1S/C18H22N2O2.ClH/c1-2-12-22-16-10-8-15(9-11-16)20-18(21)13-17(19)14-6-4-3-5-7-14;/h3-11,17H,2,12-13,19H2,1H3,(H,20,21);1H. The molecule has 0 aliphatic rings. The van der Waals surface area contributed by atoms with Gasteiger partial charge >= 0.3 is 0 Å². The molecule has 2 aromatic rings. The highest BCUT2D eigenvalue weighted by molar-refractivity contribution is 5.91. The van der Waals surface area contributed by atoms with E-state index in [2.05, 4.69) is 12.2 Å². The van der Waals surface area contributed by atoms with E-state index in [1.54, 1.807) is 0 Å². The number of rotatable bonds is 7. The zero-order valence-corrected chi connectivity index (χ0v) is 14.0. The van der Waals surface area contributed by atoms with Crippen LogP contribution in [-0.2, 0) is 4.79 Å². The van der Waals surface area contributed by atoms with Gasteiger partial charge in [0.2, 0.25) is 5.91 Å². The highest BCUT2D eigenvalue weighted by atomic mass is 35.5. The molecule has 0 heterocycles. The summed E-state index contributed by atoms with van der Waals surface area (Å²) in [5.74, 6) is 0.708. The van der Waals surface area contributed by atoms with Crippen molar-refractivity contribution in [3.05, 3.63) is 60.2 Å². The summed E-state index contributed by atoms with van der Waals surface area (Å²) in [6.07, 6.45) is 1.22. The minimum Gasteiger partial charge on any atom is -0.494 e. The van der Waals surface area contributed by atoms with Crippen LogP contribution in [0.5, 0.6) is 5.75 Å². The molecule has 0 aliphatic carbocycles. The Balaban J connectivity index is 0.00000264. The molecule has 124 valence electrons. The lowest BCUT2D eigenvalue weighted by Gasteiger charge is -2.12. The van der Waals surface area contributed by atoms with Gasteiger partial charge in [0.25, 0.3) is 0 Å². The number of halogens is 1. The Morgan fingerprint density at radius 3 is 2.39 bits per heavy atom. The number of carbonyl (C=O) groups excluding carboxylic acids is 1. The zero-order chi connectivity index (χ0) is 15.8. The van der Waals surface area contributed by atoms with Gasteiger partial charge in [-0.2, -0.15) is 0 Å². The van der Waals surface area contributed by atoms with Crippen molar-refractivity contribution < 1.29 is 9.53 Å². The Morgan fingerprint density at radius 2 is 1.78 bits per heavy atom. The quantitative estimate of drug-likeness (QED) is 0.806. The molecule has 2 rings (SSSR count). The number of ether oxygens (including phenoxy) is 1. The lowest BCUT2D eigenvalue weighted by atomic mass is 10.0. The molecule has 0 fully saturated rings. The van der Waals surface area contributed by atoms with Gasteiger partial charge in [-0.25, -0.2) is 0 Å². The maximum Gasteiger partial charge on any atom is 0.226 e. The van der Waals surface area contributed by atoms with Crippen LogP contribution in [0.2, 0.25) is 0 Å². The number of hydrogen-bond donors (Lipinski definition) is 2. The molecule has 0 spiro atoms. The summed E-state index contributed by atoms with van der Waals surface area (Å²) in [5.41, 5.74) is 7.75. The van der Waals surface area contributed by atoms with Gasteiger partial charge in [-0.15, -0.1) is 12.4 Å². The van der Waals surface area contributed by atoms with Crippen LogP contribution in [0, 0.1) is 0 Å². The van der Waals surface area contributed by atoms with Crippen molar-refractivity contribution in [2.45, 2.75) is 25.8 Å². The third kappa shape index (κ3) is 6.30. The zero-order valence-electron chi connectivity index (χ0n) is 13.2. The van der Waals surface area contributed by atoms with Crippen molar-refractivity contribution in [1.29, 1.82) is 0 Å². The number of hydrogen-bond acceptors (Lipinski definition) is 3. The lowest BCUT2D eigenvalue weighted by Crippen LogP contribution is -2.20. The highest BCUT2D eigenvalue weighted by Crippen LogP contribution is 2.18. The normalized spacial score (nSPS) is 11.2. The number of anilines is 1. The Kier molecular flexibility index (Phi) is 8.16. The lowest BCUT2D eigenvalue weighted by molar-refractivity contribution is -0.116. The summed E-state index contributed by atoms with van der Waals surface area (Å²) < 4.78 is 5.50. The molecule has 23 heavy (non-hydrogen) atoms. The number of nitrogens with two attached hydrogens (primary N) is 1. The fourth-order valence-corrected chi connectivity index (χ4v) is 2.08. The average Bonchev–Trinajstić information content (AvgIpc) is 2.55. The first-order chi connectivity index (χ1) is 10.7. The number of amides is 1. The van der Waals surface area contributed by atoms with E-state index >= 15 is 0 Å². The number of carbonyl (C=O) groups is 1. The van der Waals surface area contributed by atoms with E-state index in [1.807, 2.05) is 54.6 Å². The SMILES string of the molecule is CCCOc1ccc(NC(=O)CC(N)c2ccccc2)cc1.Cl. The van der Waals surface area contributed by atoms with Gasteiger partial charge in [-0.05, 0) is 36.2 Å².